The van der Waals surface area contributed by atoms with Gasteiger partial charge < -0.3 is 9.47 Å². The van der Waals surface area contributed by atoms with Crippen LogP contribution in [-0.4, -0.2) is 12.9 Å². The number of methoxy groups -OCH3 is 1. The molecular weight excluding hydrogens is 264 g/mol. The van der Waals surface area contributed by atoms with Crippen molar-refractivity contribution in [1.29, 1.82) is 0 Å². The lowest BCUT2D eigenvalue weighted by Crippen LogP contribution is -2.00. The van der Waals surface area contributed by atoms with E-state index in [0.717, 1.165) is 6.42 Å². The highest BCUT2D eigenvalue weighted by Crippen LogP contribution is 2.34. The first-order valence-electron chi connectivity index (χ1n) is 7.16. The van der Waals surface area contributed by atoms with Gasteiger partial charge in [-0.25, -0.2) is 0 Å². The maximum absolute atomic E-state index is 12.0. The van der Waals surface area contributed by atoms with Gasteiger partial charge in [-0.3, -0.25) is 4.79 Å². The van der Waals surface area contributed by atoms with Gasteiger partial charge in [-0.2, -0.15) is 0 Å². The molecule has 0 aliphatic rings. The number of ether oxygens (including phenoxy) is 2. The number of ketones is 1. The molecule has 0 atom stereocenters. The van der Waals surface area contributed by atoms with Gasteiger partial charge in [0.1, 0.15) is 5.75 Å². The standard InChI is InChI=1S/C18H20O3/c1-4-13-10-11-17(18(12-13)20-3)21-16-9-7-6-8-14(16)15(19)5-2/h6-12H,4-5H2,1-3H3. The molecule has 0 aliphatic heterocycles. The third-order valence-corrected chi connectivity index (χ3v) is 3.36. The van der Waals surface area contributed by atoms with Crippen molar-refractivity contribution < 1.29 is 14.3 Å². The molecule has 0 unspecified atom stereocenters. The second-order valence-electron chi connectivity index (χ2n) is 4.71. The van der Waals surface area contributed by atoms with E-state index in [1.54, 1.807) is 19.2 Å². The van der Waals surface area contributed by atoms with E-state index in [2.05, 4.69) is 6.92 Å². The highest BCUT2D eigenvalue weighted by Gasteiger charge is 2.13. The van der Waals surface area contributed by atoms with Gasteiger partial charge in [0.15, 0.2) is 17.3 Å². The summed E-state index contributed by atoms with van der Waals surface area (Å²) in [5.41, 5.74) is 1.78. The number of Topliss-reactive ketones (excluding diaryl/α,β-unsaturated/α-hetero) is 1. The van der Waals surface area contributed by atoms with Crippen LogP contribution in [0.4, 0.5) is 0 Å². The number of hydrogen-bond donors (Lipinski definition) is 0. The summed E-state index contributed by atoms with van der Waals surface area (Å²) >= 11 is 0. The Balaban J connectivity index is 2.36. The van der Waals surface area contributed by atoms with Gasteiger partial charge in [0.05, 0.1) is 12.7 Å². The number of para-hydroxylation sites is 1. The number of carbonyl (C=O) groups is 1. The van der Waals surface area contributed by atoms with Gasteiger partial charge in [0.25, 0.3) is 0 Å². The molecule has 2 aromatic carbocycles. The molecule has 21 heavy (non-hydrogen) atoms. The fraction of sp³-hybridized carbons (Fsp3) is 0.278. The van der Waals surface area contributed by atoms with Crippen molar-refractivity contribution >= 4 is 5.78 Å². The highest BCUT2D eigenvalue weighted by atomic mass is 16.5. The molecule has 2 aromatic rings. The number of rotatable bonds is 6. The largest absolute Gasteiger partial charge is 0.493 e. The monoisotopic (exact) mass is 284 g/mol. The van der Waals surface area contributed by atoms with Gasteiger partial charge >= 0.3 is 0 Å². The summed E-state index contributed by atoms with van der Waals surface area (Å²) in [6.07, 6.45) is 1.38. The second-order valence-corrected chi connectivity index (χ2v) is 4.71. The second kappa shape index (κ2) is 6.93. The molecule has 0 aliphatic carbocycles. The van der Waals surface area contributed by atoms with Crippen LogP contribution in [0.1, 0.15) is 36.2 Å². The van der Waals surface area contributed by atoms with Crippen molar-refractivity contribution in [3.63, 3.8) is 0 Å². The molecular formula is C18H20O3. The Hall–Kier alpha value is -2.29. The number of carbonyl (C=O) groups excluding carboxylic acids is 1. The average molecular weight is 284 g/mol. The van der Waals surface area contributed by atoms with Crippen LogP contribution in [0.5, 0.6) is 17.2 Å². The molecule has 0 saturated carbocycles. The van der Waals surface area contributed by atoms with Crippen LogP contribution in [0.25, 0.3) is 0 Å². The fourth-order valence-electron chi connectivity index (χ4n) is 2.11. The SMILES string of the molecule is CCC(=O)c1ccccc1Oc1ccc(CC)cc1OC. The Kier molecular flexibility index (Phi) is 4.99. The van der Waals surface area contributed by atoms with Gasteiger partial charge in [-0.1, -0.05) is 32.0 Å². The molecule has 0 aromatic heterocycles. The lowest BCUT2D eigenvalue weighted by atomic mass is 10.1. The Labute approximate surface area is 125 Å². The van der Waals surface area contributed by atoms with Crippen LogP contribution in [-0.2, 0) is 6.42 Å². The molecule has 0 heterocycles. The first-order valence-corrected chi connectivity index (χ1v) is 7.16. The summed E-state index contributed by atoms with van der Waals surface area (Å²) < 4.78 is 11.3. The maximum Gasteiger partial charge on any atom is 0.169 e. The molecule has 0 fully saturated rings. The molecule has 110 valence electrons. The van der Waals surface area contributed by atoms with Crippen LogP contribution < -0.4 is 9.47 Å². The summed E-state index contributed by atoms with van der Waals surface area (Å²) in [4.78, 5) is 12.0. The van der Waals surface area contributed by atoms with Crippen molar-refractivity contribution in [2.45, 2.75) is 26.7 Å². The van der Waals surface area contributed by atoms with Crippen LogP contribution in [0.2, 0.25) is 0 Å². The van der Waals surface area contributed by atoms with E-state index >= 15 is 0 Å². The van der Waals surface area contributed by atoms with E-state index < -0.39 is 0 Å². The molecule has 3 nitrogen and oxygen atoms in total. The topological polar surface area (TPSA) is 35.5 Å². The van der Waals surface area contributed by atoms with Gasteiger partial charge in [-0.05, 0) is 36.2 Å². The molecule has 0 radical (unpaired) electrons. The third-order valence-electron chi connectivity index (χ3n) is 3.36. The first kappa shape index (κ1) is 15.1. The lowest BCUT2D eigenvalue weighted by Gasteiger charge is -2.13. The Morgan fingerprint density at radius 2 is 1.76 bits per heavy atom. The Bertz CT molecular complexity index is 632. The summed E-state index contributed by atoms with van der Waals surface area (Å²) in [5.74, 6) is 1.92. The minimum absolute atomic E-state index is 0.0646. The van der Waals surface area contributed by atoms with E-state index in [1.807, 2.05) is 37.3 Å². The number of hydrogen-bond acceptors (Lipinski definition) is 3. The minimum atomic E-state index is 0.0646. The molecule has 0 amide bonds. The van der Waals surface area contributed by atoms with E-state index in [0.29, 0.717) is 29.2 Å². The number of aryl methyl sites for hydroxylation is 1. The van der Waals surface area contributed by atoms with Crippen molar-refractivity contribution in [2.24, 2.45) is 0 Å². The van der Waals surface area contributed by atoms with Gasteiger partial charge in [0.2, 0.25) is 0 Å². The minimum Gasteiger partial charge on any atom is -0.493 e. The van der Waals surface area contributed by atoms with E-state index in [4.69, 9.17) is 9.47 Å². The Morgan fingerprint density at radius 1 is 1.00 bits per heavy atom. The molecule has 2 rings (SSSR count). The third kappa shape index (κ3) is 3.43. The quantitative estimate of drug-likeness (QED) is 0.725. The van der Waals surface area contributed by atoms with Crippen LogP contribution in [0, 0.1) is 0 Å². The Morgan fingerprint density at radius 3 is 2.43 bits per heavy atom. The number of benzene rings is 2. The molecule has 0 bridgehead atoms. The van der Waals surface area contributed by atoms with Gasteiger partial charge in [-0.15, -0.1) is 0 Å². The van der Waals surface area contributed by atoms with Crippen molar-refractivity contribution in [1.82, 2.24) is 0 Å². The summed E-state index contributed by atoms with van der Waals surface area (Å²) in [5, 5.41) is 0. The van der Waals surface area contributed by atoms with Crippen LogP contribution in [0.3, 0.4) is 0 Å². The van der Waals surface area contributed by atoms with Crippen molar-refractivity contribution in [3.05, 3.63) is 53.6 Å². The van der Waals surface area contributed by atoms with E-state index in [-0.39, 0.29) is 5.78 Å². The predicted octanol–water partition coefficient (Wildman–Crippen LogP) is 4.64. The molecule has 0 N–H and O–H groups in total. The molecule has 0 spiro atoms. The average Bonchev–Trinajstić information content (AvgIpc) is 2.55. The van der Waals surface area contributed by atoms with Crippen molar-refractivity contribution in [2.75, 3.05) is 7.11 Å². The normalized spacial score (nSPS) is 10.2. The zero-order valence-corrected chi connectivity index (χ0v) is 12.7. The highest BCUT2D eigenvalue weighted by molar-refractivity contribution is 5.98. The lowest BCUT2D eigenvalue weighted by molar-refractivity contribution is 0.0986. The van der Waals surface area contributed by atoms with Gasteiger partial charge in [0, 0.05) is 6.42 Å². The smallest absolute Gasteiger partial charge is 0.169 e. The summed E-state index contributed by atoms with van der Waals surface area (Å²) in [7, 11) is 1.62. The molecule has 0 saturated heterocycles. The van der Waals surface area contributed by atoms with E-state index in [1.165, 1.54) is 5.56 Å². The predicted molar refractivity (Wildman–Crippen MR) is 83.5 cm³/mol. The van der Waals surface area contributed by atoms with Crippen LogP contribution in [0.15, 0.2) is 42.5 Å². The summed E-state index contributed by atoms with van der Waals surface area (Å²) in [6.45, 7) is 3.93. The fourth-order valence-corrected chi connectivity index (χ4v) is 2.11. The van der Waals surface area contributed by atoms with Crippen molar-refractivity contribution in [3.8, 4) is 17.2 Å². The first-order chi connectivity index (χ1) is 10.2. The zero-order chi connectivity index (χ0) is 15.2. The van der Waals surface area contributed by atoms with E-state index in [9.17, 15) is 4.79 Å². The summed E-state index contributed by atoms with van der Waals surface area (Å²) in [6, 6.07) is 13.1. The maximum atomic E-state index is 12.0. The zero-order valence-electron chi connectivity index (χ0n) is 12.7. The van der Waals surface area contributed by atoms with Crippen LogP contribution >= 0.6 is 0 Å². The molecule has 3 heteroatoms.